The Labute approximate surface area is 350 Å². The molecule has 1 heterocycles. The zero-order chi connectivity index (χ0) is 39.8. The van der Waals surface area contributed by atoms with Gasteiger partial charge in [0, 0.05) is 33.5 Å². The van der Waals surface area contributed by atoms with E-state index in [9.17, 15) is 0 Å². The Morgan fingerprint density at radius 3 is 1.47 bits per heavy atom. The van der Waals surface area contributed by atoms with Crippen molar-refractivity contribution in [2.24, 2.45) is 0 Å². The highest BCUT2D eigenvalue weighted by molar-refractivity contribution is 6.10. The summed E-state index contributed by atoms with van der Waals surface area (Å²) in [6.07, 6.45) is 0. The topological polar surface area (TPSA) is 8.17 Å². The summed E-state index contributed by atoms with van der Waals surface area (Å²) in [6, 6.07) is 87.9. The predicted molar refractivity (Wildman–Crippen MR) is 255 cm³/mol. The normalized spacial score (nSPS) is 11.3. The number of nitrogens with zero attached hydrogens (tertiary/aromatic N) is 2. The van der Waals surface area contributed by atoms with Gasteiger partial charge in [0.15, 0.2) is 0 Å². The minimum absolute atomic E-state index is 1.08. The molecule has 0 aliphatic heterocycles. The third-order valence-electron chi connectivity index (χ3n) is 11.8. The van der Waals surface area contributed by atoms with E-state index in [4.69, 9.17) is 0 Å². The lowest BCUT2D eigenvalue weighted by molar-refractivity contribution is 1.18. The summed E-state index contributed by atoms with van der Waals surface area (Å²) in [5.41, 5.74) is 16.3. The predicted octanol–water partition coefficient (Wildman–Crippen LogP) is 16.1. The van der Waals surface area contributed by atoms with Gasteiger partial charge >= 0.3 is 0 Å². The lowest BCUT2D eigenvalue weighted by atomic mass is 9.94. The van der Waals surface area contributed by atoms with E-state index in [0.717, 1.165) is 28.3 Å². The van der Waals surface area contributed by atoms with Crippen LogP contribution in [0.15, 0.2) is 243 Å². The first-order valence-corrected chi connectivity index (χ1v) is 20.6. The molecular formula is C58H40N2. The molecule has 1 aromatic heterocycles. The monoisotopic (exact) mass is 764 g/mol. The third kappa shape index (κ3) is 6.32. The van der Waals surface area contributed by atoms with Crippen LogP contribution in [-0.4, -0.2) is 4.57 Å². The number of benzene rings is 10. The zero-order valence-electron chi connectivity index (χ0n) is 33.0. The van der Waals surface area contributed by atoms with Gasteiger partial charge in [-0.25, -0.2) is 0 Å². The Balaban J connectivity index is 1.09. The van der Waals surface area contributed by atoms with Crippen LogP contribution in [0, 0.1) is 0 Å². The molecule has 0 N–H and O–H groups in total. The summed E-state index contributed by atoms with van der Waals surface area (Å²) in [5, 5.41) is 4.94. The van der Waals surface area contributed by atoms with Crippen molar-refractivity contribution in [1.82, 2.24) is 4.57 Å². The molecule has 0 aliphatic carbocycles. The number of anilines is 3. The van der Waals surface area contributed by atoms with E-state index < -0.39 is 0 Å². The van der Waals surface area contributed by atoms with Crippen LogP contribution in [0.1, 0.15) is 0 Å². The van der Waals surface area contributed by atoms with Gasteiger partial charge in [0.1, 0.15) is 0 Å². The molecule has 60 heavy (non-hydrogen) atoms. The van der Waals surface area contributed by atoms with Crippen LogP contribution in [0.25, 0.3) is 82.8 Å². The van der Waals surface area contributed by atoms with Gasteiger partial charge < -0.3 is 9.47 Å². The van der Waals surface area contributed by atoms with E-state index in [1.54, 1.807) is 0 Å². The molecule has 0 aliphatic rings. The smallest absolute Gasteiger partial charge is 0.0561 e. The van der Waals surface area contributed by atoms with Crippen molar-refractivity contribution in [2.75, 3.05) is 4.90 Å². The second kappa shape index (κ2) is 15.1. The van der Waals surface area contributed by atoms with Gasteiger partial charge in [-0.05, 0) is 110 Å². The maximum Gasteiger partial charge on any atom is 0.0561 e. The molecule has 2 heteroatoms. The Morgan fingerprint density at radius 2 is 0.767 bits per heavy atom. The van der Waals surface area contributed by atoms with Gasteiger partial charge in [0.25, 0.3) is 0 Å². The van der Waals surface area contributed by atoms with Gasteiger partial charge in [-0.2, -0.15) is 0 Å². The van der Waals surface area contributed by atoms with E-state index >= 15 is 0 Å². The Bertz CT molecular complexity index is 3270. The van der Waals surface area contributed by atoms with Crippen LogP contribution in [-0.2, 0) is 0 Å². The molecule has 0 amide bonds. The van der Waals surface area contributed by atoms with Crippen molar-refractivity contribution >= 4 is 49.6 Å². The van der Waals surface area contributed by atoms with Crippen molar-refractivity contribution in [3.05, 3.63) is 243 Å². The van der Waals surface area contributed by atoms with Crippen LogP contribution in [0.5, 0.6) is 0 Å². The van der Waals surface area contributed by atoms with Gasteiger partial charge in [0.2, 0.25) is 0 Å². The number of hydrogen-bond donors (Lipinski definition) is 0. The standard InChI is InChI=1S/C58H40N2/c1-4-15-41(16-5-1)42-27-31-47(32-28-42)59(48-33-29-46(30-34-48)52-25-14-22-44-21-10-11-23-51(44)52)50-36-38-55-54-24-12-13-26-57(54)60(58(55)40-50)49-35-37-53(43-17-6-2-7-18-43)56(39-49)45-19-8-3-9-20-45/h1-40H. The molecule has 0 fully saturated rings. The second-order valence-electron chi connectivity index (χ2n) is 15.3. The van der Waals surface area contributed by atoms with Crippen LogP contribution in [0.2, 0.25) is 0 Å². The summed E-state index contributed by atoms with van der Waals surface area (Å²) in [5.74, 6) is 0. The average molecular weight is 765 g/mol. The highest BCUT2D eigenvalue weighted by atomic mass is 15.1. The number of fused-ring (bicyclic) bond motifs is 4. The summed E-state index contributed by atoms with van der Waals surface area (Å²) < 4.78 is 2.44. The Morgan fingerprint density at radius 1 is 0.267 bits per heavy atom. The highest BCUT2D eigenvalue weighted by Gasteiger charge is 2.19. The fourth-order valence-electron chi connectivity index (χ4n) is 8.92. The average Bonchev–Trinajstić information content (AvgIpc) is 3.66. The maximum atomic E-state index is 2.44. The molecule has 0 unspecified atom stereocenters. The van der Waals surface area contributed by atoms with Gasteiger partial charge in [-0.1, -0.05) is 188 Å². The molecule has 11 rings (SSSR count). The quantitative estimate of drug-likeness (QED) is 0.150. The molecule has 11 aromatic rings. The molecule has 0 radical (unpaired) electrons. The van der Waals surface area contributed by atoms with Crippen molar-refractivity contribution in [1.29, 1.82) is 0 Å². The summed E-state index contributed by atoms with van der Waals surface area (Å²) in [7, 11) is 0. The Hall–Kier alpha value is -7.94. The molecule has 0 saturated heterocycles. The minimum atomic E-state index is 1.08. The summed E-state index contributed by atoms with van der Waals surface area (Å²) in [4.78, 5) is 2.39. The van der Waals surface area contributed by atoms with Gasteiger partial charge in [0.05, 0.1) is 11.0 Å². The van der Waals surface area contributed by atoms with Gasteiger partial charge in [-0.15, -0.1) is 0 Å². The molecule has 0 bridgehead atoms. The summed E-state index contributed by atoms with van der Waals surface area (Å²) >= 11 is 0. The first-order chi connectivity index (χ1) is 29.8. The van der Waals surface area contributed by atoms with Crippen molar-refractivity contribution in [2.45, 2.75) is 0 Å². The number of rotatable bonds is 8. The van der Waals surface area contributed by atoms with Gasteiger partial charge in [-0.3, -0.25) is 0 Å². The molecule has 0 atom stereocenters. The fraction of sp³-hybridized carbons (Fsp3) is 0. The Kier molecular flexibility index (Phi) is 8.87. The molecular weight excluding hydrogens is 725 g/mol. The zero-order valence-corrected chi connectivity index (χ0v) is 33.0. The third-order valence-corrected chi connectivity index (χ3v) is 11.8. The van der Waals surface area contributed by atoms with E-state index in [1.165, 1.54) is 71.6 Å². The molecule has 0 saturated carbocycles. The number of para-hydroxylation sites is 1. The fourth-order valence-corrected chi connectivity index (χ4v) is 8.92. The first kappa shape index (κ1) is 35.2. The van der Waals surface area contributed by atoms with Crippen LogP contribution in [0.3, 0.4) is 0 Å². The molecule has 10 aromatic carbocycles. The summed E-state index contributed by atoms with van der Waals surface area (Å²) in [6.45, 7) is 0. The van der Waals surface area contributed by atoms with E-state index in [2.05, 4.69) is 252 Å². The number of aromatic nitrogens is 1. The first-order valence-electron chi connectivity index (χ1n) is 20.6. The van der Waals surface area contributed by atoms with Crippen LogP contribution in [0.4, 0.5) is 17.1 Å². The maximum absolute atomic E-state index is 2.44. The van der Waals surface area contributed by atoms with E-state index in [-0.39, 0.29) is 0 Å². The SMILES string of the molecule is c1ccc(-c2ccc(N(c3ccc(-c4cccc5ccccc45)cc3)c3ccc4c5ccccc5n(-c5ccc(-c6ccccc6)c(-c6ccccc6)c5)c4c3)cc2)cc1. The van der Waals surface area contributed by atoms with Crippen molar-refractivity contribution in [3.63, 3.8) is 0 Å². The highest BCUT2D eigenvalue weighted by Crippen LogP contribution is 2.42. The lowest BCUT2D eigenvalue weighted by Gasteiger charge is -2.26. The molecule has 282 valence electrons. The minimum Gasteiger partial charge on any atom is -0.310 e. The van der Waals surface area contributed by atoms with E-state index in [0.29, 0.717) is 0 Å². The largest absolute Gasteiger partial charge is 0.310 e. The lowest BCUT2D eigenvalue weighted by Crippen LogP contribution is -2.10. The van der Waals surface area contributed by atoms with Crippen LogP contribution >= 0.6 is 0 Å². The van der Waals surface area contributed by atoms with Crippen molar-refractivity contribution in [3.8, 4) is 50.2 Å². The second-order valence-corrected chi connectivity index (χ2v) is 15.3. The van der Waals surface area contributed by atoms with Crippen molar-refractivity contribution < 1.29 is 0 Å². The number of hydrogen-bond acceptors (Lipinski definition) is 1. The molecule has 0 spiro atoms. The van der Waals surface area contributed by atoms with Crippen LogP contribution < -0.4 is 4.90 Å². The molecule has 2 nitrogen and oxygen atoms in total. The van der Waals surface area contributed by atoms with E-state index in [1.807, 2.05) is 0 Å².